The Bertz CT molecular complexity index is 584. The molecule has 1 saturated carbocycles. The minimum absolute atomic E-state index is 0.0555. The monoisotopic (exact) mass is 316 g/mol. The van der Waals surface area contributed by atoms with Gasteiger partial charge in [0.1, 0.15) is 0 Å². The van der Waals surface area contributed by atoms with Crippen LogP contribution in [0.1, 0.15) is 42.5 Å². The first kappa shape index (κ1) is 14.8. The fourth-order valence-electron chi connectivity index (χ4n) is 4.05. The molecule has 1 aliphatic carbocycles. The molecule has 0 spiro atoms. The lowest BCUT2D eigenvalue weighted by Gasteiger charge is -2.20. The van der Waals surface area contributed by atoms with E-state index in [4.69, 9.17) is 9.47 Å². The normalized spacial score (nSPS) is 24.3. The van der Waals surface area contributed by atoms with Crippen LogP contribution in [-0.2, 0) is 0 Å². The average molecular weight is 316 g/mol. The van der Waals surface area contributed by atoms with Crippen molar-refractivity contribution in [3.63, 3.8) is 0 Å². The number of benzene rings is 1. The topological polar surface area (TPSA) is 50.8 Å². The molecular weight excluding hydrogens is 292 g/mol. The molecule has 2 heterocycles. The standard InChI is InChI=1S/C18H24N2O3/c21-18(15-6-3-7-16-17(15)23-12-22-16)19-14-8-9-20(11-14)10-13-4-1-2-5-13/h3,6-7,13-14H,1-2,4-5,8-12H2,(H,19,21). The highest BCUT2D eigenvalue weighted by molar-refractivity contribution is 5.98. The van der Waals surface area contributed by atoms with E-state index in [9.17, 15) is 4.79 Å². The summed E-state index contributed by atoms with van der Waals surface area (Å²) < 4.78 is 10.8. The first-order valence-corrected chi connectivity index (χ1v) is 8.71. The molecule has 1 aromatic carbocycles. The molecule has 1 atom stereocenters. The molecule has 4 rings (SSSR count). The van der Waals surface area contributed by atoms with E-state index in [0.717, 1.165) is 25.4 Å². The van der Waals surface area contributed by atoms with E-state index in [2.05, 4.69) is 10.2 Å². The van der Waals surface area contributed by atoms with Crippen molar-refractivity contribution in [3.05, 3.63) is 23.8 Å². The first-order valence-electron chi connectivity index (χ1n) is 8.71. The predicted octanol–water partition coefficient (Wildman–Crippen LogP) is 2.41. The summed E-state index contributed by atoms with van der Waals surface area (Å²) in [5, 5.41) is 3.16. The third kappa shape index (κ3) is 3.15. The van der Waals surface area contributed by atoms with Gasteiger partial charge in [0, 0.05) is 25.7 Å². The number of rotatable bonds is 4. The summed E-state index contributed by atoms with van der Waals surface area (Å²) in [6.45, 7) is 3.45. The predicted molar refractivity (Wildman–Crippen MR) is 86.8 cm³/mol. The Morgan fingerprint density at radius 3 is 2.96 bits per heavy atom. The summed E-state index contributed by atoms with van der Waals surface area (Å²) in [5.41, 5.74) is 0.578. The van der Waals surface area contributed by atoms with Gasteiger partial charge in [-0.1, -0.05) is 18.9 Å². The molecule has 1 saturated heterocycles. The second-order valence-corrected chi connectivity index (χ2v) is 6.91. The van der Waals surface area contributed by atoms with Gasteiger partial charge in [0.2, 0.25) is 6.79 Å². The number of amides is 1. The second-order valence-electron chi connectivity index (χ2n) is 6.91. The highest BCUT2D eigenvalue weighted by atomic mass is 16.7. The van der Waals surface area contributed by atoms with Crippen molar-refractivity contribution < 1.29 is 14.3 Å². The third-order valence-corrected chi connectivity index (χ3v) is 5.24. The van der Waals surface area contributed by atoms with E-state index in [0.29, 0.717) is 17.1 Å². The molecule has 1 unspecified atom stereocenters. The Hall–Kier alpha value is -1.75. The van der Waals surface area contributed by atoms with Crippen LogP contribution in [0.2, 0.25) is 0 Å². The van der Waals surface area contributed by atoms with Gasteiger partial charge in [0.05, 0.1) is 5.56 Å². The summed E-state index contributed by atoms with van der Waals surface area (Å²) in [6, 6.07) is 5.71. The zero-order valence-corrected chi connectivity index (χ0v) is 13.4. The number of para-hydroxylation sites is 1. The Kier molecular flexibility index (Phi) is 4.12. The summed E-state index contributed by atoms with van der Waals surface area (Å²) in [6.07, 6.45) is 6.56. The molecule has 124 valence electrons. The van der Waals surface area contributed by atoms with Gasteiger partial charge in [-0.25, -0.2) is 0 Å². The quantitative estimate of drug-likeness (QED) is 0.927. The van der Waals surface area contributed by atoms with Crippen LogP contribution >= 0.6 is 0 Å². The number of fused-ring (bicyclic) bond motifs is 1. The van der Waals surface area contributed by atoms with Crippen LogP contribution in [0.5, 0.6) is 11.5 Å². The van der Waals surface area contributed by atoms with Crippen LogP contribution in [0.15, 0.2) is 18.2 Å². The third-order valence-electron chi connectivity index (χ3n) is 5.24. The Labute approximate surface area is 136 Å². The Morgan fingerprint density at radius 1 is 1.22 bits per heavy atom. The van der Waals surface area contributed by atoms with Crippen molar-refractivity contribution in [2.75, 3.05) is 26.4 Å². The maximum Gasteiger partial charge on any atom is 0.255 e. The minimum Gasteiger partial charge on any atom is -0.454 e. The van der Waals surface area contributed by atoms with Crippen molar-refractivity contribution in [1.82, 2.24) is 10.2 Å². The molecular formula is C18H24N2O3. The highest BCUT2D eigenvalue weighted by Crippen LogP contribution is 2.35. The van der Waals surface area contributed by atoms with Gasteiger partial charge in [-0.2, -0.15) is 0 Å². The molecule has 3 aliphatic rings. The number of hydrogen-bond donors (Lipinski definition) is 1. The Morgan fingerprint density at radius 2 is 2.09 bits per heavy atom. The summed E-state index contributed by atoms with van der Waals surface area (Å²) in [5.74, 6) is 2.05. The number of carbonyl (C=O) groups is 1. The summed E-state index contributed by atoms with van der Waals surface area (Å²) in [7, 11) is 0. The lowest BCUT2D eigenvalue weighted by molar-refractivity contribution is 0.0932. The molecule has 1 N–H and O–H groups in total. The maximum absolute atomic E-state index is 12.5. The van der Waals surface area contributed by atoms with E-state index < -0.39 is 0 Å². The van der Waals surface area contributed by atoms with Crippen molar-refractivity contribution in [2.24, 2.45) is 5.92 Å². The van der Waals surface area contributed by atoms with Crippen molar-refractivity contribution in [3.8, 4) is 11.5 Å². The fraction of sp³-hybridized carbons (Fsp3) is 0.611. The smallest absolute Gasteiger partial charge is 0.255 e. The largest absolute Gasteiger partial charge is 0.454 e. The number of nitrogens with zero attached hydrogens (tertiary/aromatic N) is 1. The lowest BCUT2D eigenvalue weighted by atomic mass is 10.1. The van der Waals surface area contributed by atoms with Gasteiger partial charge in [0.25, 0.3) is 5.91 Å². The van der Waals surface area contributed by atoms with Crippen LogP contribution in [0, 0.1) is 5.92 Å². The number of likely N-dealkylation sites (tertiary alicyclic amines) is 1. The van der Waals surface area contributed by atoms with Crippen LogP contribution in [-0.4, -0.2) is 43.3 Å². The highest BCUT2D eigenvalue weighted by Gasteiger charge is 2.29. The van der Waals surface area contributed by atoms with Crippen molar-refractivity contribution >= 4 is 5.91 Å². The number of ether oxygens (including phenoxy) is 2. The number of carbonyl (C=O) groups excluding carboxylic acids is 1. The maximum atomic E-state index is 12.5. The molecule has 1 amide bonds. The van der Waals surface area contributed by atoms with Crippen LogP contribution in [0.4, 0.5) is 0 Å². The van der Waals surface area contributed by atoms with Gasteiger partial charge in [0.15, 0.2) is 11.5 Å². The fourth-order valence-corrected chi connectivity index (χ4v) is 4.05. The first-order chi connectivity index (χ1) is 11.3. The summed E-state index contributed by atoms with van der Waals surface area (Å²) in [4.78, 5) is 15.1. The minimum atomic E-state index is -0.0555. The SMILES string of the molecule is O=C(NC1CCN(CC2CCCC2)C1)c1cccc2c1OCO2. The van der Waals surface area contributed by atoms with Gasteiger partial charge < -0.3 is 19.7 Å². The van der Waals surface area contributed by atoms with Gasteiger partial charge in [-0.3, -0.25) is 4.79 Å². The van der Waals surface area contributed by atoms with Gasteiger partial charge in [-0.05, 0) is 37.3 Å². The van der Waals surface area contributed by atoms with Crippen molar-refractivity contribution in [2.45, 2.75) is 38.1 Å². The van der Waals surface area contributed by atoms with Gasteiger partial charge in [-0.15, -0.1) is 0 Å². The molecule has 5 nitrogen and oxygen atoms in total. The number of hydrogen-bond acceptors (Lipinski definition) is 4. The molecule has 2 fully saturated rings. The average Bonchev–Trinajstić information content (AvgIpc) is 3.28. The van der Waals surface area contributed by atoms with E-state index in [1.807, 2.05) is 12.1 Å². The lowest BCUT2D eigenvalue weighted by Crippen LogP contribution is -2.37. The molecule has 2 aliphatic heterocycles. The van der Waals surface area contributed by atoms with E-state index >= 15 is 0 Å². The van der Waals surface area contributed by atoms with Gasteiger partial charge >= 0.3 is 0 Å². The van der Waals surface area contributed by atoms with E-state index in [1.165, 1.54) is 32.2 Å². The van der Waals surface area contributed by atoms with Crippen LogP contribution in [0.25, 0.3) is 0 Å². The Balaban J connectivity index is 1.34. The molecule has 23 heavy (non-hydrogen) atoms. The van der Waals surface area contributed by atoms with E-state index in [-0.39, 0.29) is 18.7 Å². The zero-order chi connectivity index (χ0) is 15.6. The van der Waals surface area contributed by atoms with Crippen LogP contribution in [0.3, 0.4) is 0 Å². The number of nitrogens with one attached hydrogen (secondary N) is 1. The molecule has 0 radical (unpaired) electrons. The second kappa shape index (κ2) is 6.40. The molecule has 1 aromatic rings. The zero-order valence-electron chi connectivity index (χ0n) is 13.4. The molecule has 5 heteroatoms. The van der Waals surface area contributed by atoms with Crippen LogP contribution < -0.4 is 14.8 Å². The molecule has 0 bridgehead atoms. The molecule has 0 aromatic heterocycles. The van der Waals surface area contributed by atoms with E-state index in [1.54, 1.807) is 6.07 Å². The van der Waals surface area contributed by atoms with Crippen molar-refractivity contribution in [1.29, 1.82) is 0 Å². The summed E-state index contributed by atoms with van der Waals surface area (Å²) >= 11 is 0.